The fraction of sp³-hybridized carbons (Fsp3) is 0.250. The summed E-state index contributed by atoms with van der Waals surface area (Å²) in [4.78, 5) is 1.95. The van der Waals surface area contributed by atoms with Crippen molar-refractivity contribution < 1.29 is 9.50 Å². The van der Waals surface area contributed by atoms with E-state index in [0.717, 1.165) is 11.4 Å². The molecule has 0 fully saturated rings. The van der Waals surface area contributed by atoms with Crippen LogP contribution in [0.5, 0.6) is 0 Å². The molecule has 2 aromatic carbocycles. The van der Waals surface area contributed by atoms with E-state index in [1.54, 1.807) is 13.0 Å². The van der Waals surface area contributed by atoms with Crippen molar-refractivity contribution in [1.82, 2.24) is 0 Å². The fourth-order valence-electron chi connectivity index (χ4n) is 2.07. The van der Waals surface area contributed by atoms with Gasteiger partial charge in [0.15, 0.2) is 0 Å². The maximum atomic E-state index is 13.3. The molecular weight excluding hydrogens is 241 g/mol. The van der Waals surface area contributed by atoms with Crippen LogP contribution in [-0.2, 0) is 0 Å². The Morgan fingerprint density at radius 2 is 1.74 bits per heavy atom. The highest BCUT2D eigenvalue weighted by Gasteiger charge is 2.13. The molecule has 100 valence electrons. The Morgan fingerprint density at radius 3 is 2.32 bits per heavy atom. The Balaban J connectivity index is 2.43. The van der Waals surface area contributed by atoms with Crippen molar-refractivity contribution in [2.45, 2.75) is 20.0 Å². The van der Waals surface area contributed by atoms with Gasteiger partial charge in [0, 0.05) is 24.0 Å². The molecule has 0 aliphatic carbocycles. The highest BCUT2D eigenvalue weighted by Crippen LogP contribution is 2.31. The fourth-order valence-corrected chi connectivity index (χ4v) is 2.07. The van der Waals surface area contributed by atoms with Gasteiger partial charge in [-0.05, 0) is 44.2 Å². The number of aliphatic hydroxyl groups is 1. The van der Waals surface area contributed by atoms with Gasteiger partial charge in [-0.1, -0.05) is 17.7 Å². The SMILES string of the molecule is Cc1ccc(N(C)c2ccc(F)cc2[C@H](C)O)cc1. The van der Waals surface area contributed by atoms with E-state index in [2.05, 4.69) is 0 Å². The van der Waals surface area contributed by atoms with Crippen LogP contribution in [0.15, 0.2) is 42.5 Å². The first-order valence-corrected chi connectivity index (χ1v) is 6.27. The Morgan fingerprint density at radius 1 is 1.11 bits per heavy atom. The summed E-state index contributed by atoms with van der Waals surface area (Å²) in [5, 5.41) is 9.78. The van der Waals surface area contributed by atoms with Gasteiger partial charge in [-0.25, -0.2) is 4.39 Å². The number of aliphatic hydroxyl groups excluding tert-OH is 1. The summed E-state index contributed by atoms with van der Waals surface area (Å²) < 4.78 is 13.3. The van der Waals surface area contributed by atoms with Gasteiger partial charge in [-0.3, -0.25) is 0 Å². The summed E-state index contributed by atoms with van der Waals surface area (Å²) in [6.45, 7) is 3.67. The third kappa shape index (κ3) is 2.93. The second-order valence-electron chi connectivity index (χ2n) is 4.77. The van der Waals surface area contributed by atoms with Crippen LogP contribution in [-0.4, -0.2) is 12.2 Å². The van der Waals surface area contributed by atoms with Crippen LogP contribution in [0.4, 0.5) is 15.8 Å². The molecule has 2 rings (SSSR count). The average molecular weight is 259 g/mol. The van der Waals surface area contributed by atoms with E-state index in [4.69, 9.17) is 0 Å². The van der Waals surface area contributed by atoms with Crippen molar-refractivity contribution in [3.05, 3.63) is 59.4 Å². The number of hydrogen-bond donors (Lipinski definition) is 1. The van der Waals surface area contributed by atoms with E-state index in [1.165, 1.54) is 17.7 Å². The largest absolute Gasteiger partial charge is 0.389 e. The quantitative estimate of drug-likeness (QED) is 0.902. The number of rotatable bonds is 3. The Labute approximate surface area is 113 Å². The van der Waals surface area contributed by atoms with Gasteiger partial charge in [0.1, 0.15) is 5.82 Å². The molecule has 0 aromatic heterocycles. The summed E-state index contributed by atoms with van der Waals surface area (Å²) in [5.41, 5.74) is 3.58. The Kier molecular flexibility index (Phi) is 3.86. The molecule has 0 amide bonds. The zero-order chi connectivity index (χ0) is 14.0. The summed E-state index contributed by atoms with van der Waals surface area (Å²) in [7, 11) is 1.91. The number of anilines is 2. The zero-order valence-electron chi connectivity index (χ0n) is 11.4. The minimum Gasteiger partial charge on any atom is -0.389 e. The molecule has 19 heavy (non-hydrogen) atoms. The molecule has 1 N–H and O–H groups in total. The molecular formula is C16H18FNO. The summed E-state index contributed by atoms with van der Waals surface area (Å²) in [5.74, 6) is -0.336. The van der Waals surface area contributed by atoms with Gasteiger partial charge in [-0.2, -0.15) is 0 Å². The van der Waals surface area contributed by atoms with Gasteiger partial charge < -0.3 is 10.0 Å². The smallest absolute Gasteiger partial charge is 0.123 e. The molecule has 0 aliphatic heterocycles. The number of hydrogen-bond acceptors (Lipinski definition) is 2. The molecule has 0 saturated heterocycles. The highest BCUT2D eigenvalue weighted by molar-refractivity contribution is 5.66. The molecule has 2 nitrogen and oxygen atoms in total. The highest BCUT2D eigenvalue weighted by atomic mass is 19.1. The molecule has 0 unspecified atom stereocenters. The van der Waals surface area contributed by atoms with Crippen LogP contribution in [0.3, 0.4) is 0 Å². The van der Waals surface area contributed by atoms with E-state index in [-0.39, 0.29) is 5.82 Å². The Bertz CT molecular complexity index is 563. The third-order valence-corrected chi connectivity index (χ3v) is 3.22. The monoisotopic (exact) mass is 259 g/mol. The van der Waals surface area contributed by atoms with Crippen LogP contribution < -0.4 is 4.90 Å². The van der Waals surface area contributed by atoms with Crippen LogP contribution in [0.25, 0.3) is 0 Å². The zero-order valence-corrected chi connectivity index (χ0v) is 11.4. The van der Waals surface area contributed by atoms with Crippen LogP contribution in [0, 0.1) is 12.7 Å². The van der Waals surface area contributed by atoms with E-state index in [0.29, 0.717) is 5.56 Å². The molecule has 2 aromatic rings. The van der Waals surface area contributed by atoms with Crippen LogP contribution in [0.1, 0.15) is 24.2 Å². The minimum atomic E-state index is -0.710. The van der Waals surface area contributed by atoms with Crippen LogP contribution >= 0.6 is 0 Å². The number of halogens is 1. The van der Waals surface area contributed by atoms with E-state index < -0.39 is 6.10 Å². The van der Waals surface area contributed by atoms with Crippen molar-refractivity contribution in [3.63, 3.8) is 0 Å². The standard InChI is InChI=1S/C16H18FNO/c1-11-4-7-14(8-5-11)18(3)16-9-6-13(17)10-15(16)12(2)19/h4-10,12,19H,1-3H3/t12-/m0/s1. The van der Waals surface area contributed by atoms with Crippen molar-refractivity contribution in [2.75, 3.05) is 11.9 Å². The predicted octanol–water partition coefficient (Wildman–Crippen LogP) is 3.96. The lowest BCUT2D eigenvalue weighted by Crippen LogP contribution is -2.13. The first-order valence-electron chi connectivity index (χ1n) is 6.27. The first-order chi connectivity index (χ1) is 8.99. The molecule has 3 heteroatoms. The normalized spacial score (nSPS) is 12.3. The lowest BCUT2D eigenvalue weighted by molar-refractivity contribution is 0.199. The minimum absolute atomic E-state index is 0.336. The van der Waals surface area contributed by atoms with Crippen molar-refractivity contribution >= 4 is 11.4 Å². The maximum absolute atomic E-state index is 13.3. The average Bonchev–Trinajstić information content (AvgIpc) is 2.38. The molecule has 0 spiro atoms. The van der Waals surface area contributed by atoms with Crippen molar-refractivity contribution in [1.29, 1.82) is 0 Å². The molecule has 0 heterocycles. The number of benzene rings is 2. The van der Waals surface area contributed by atoms with E-state index in [9.17, 15) is 9.50 Å². The van der Waals surface area contributed by atoms with Gasteiger partial charge in [-0.15, -0.1) is 0 Å². The summed E-state index contributed by atoms with van der Waals surface area (Å²) in [6.07, 6.45) is -0.710. The topological polar surface area (TPSA) is 23.5 Å². The Hall–Kier alpha value is -1.87. The molecule has 0 aliphatic rings. The van der Waals surface area contributed by atoms with E-state index in [1.807, 2.05) is 43.1 Å². The van der Waals surface area contributed by atoms with Gasteiger partial charge in [0.2, 0.25) is 0 Å². The van der Waals surface area contributed by atoms with E-state index >= 15 is 0 Å². The number of aryl methyl sites for hydroxylation is 1. The lowest BCUT2D eigenvalue weighted by Gasteiger charge is -2.24. The van der Waals surface area contributed by atoms with Crippen molar-refractivity contribution in [2.24, 2.45) is 0 Å². The predicted molar refractivity (Wildman–Crippen MR) is 76.3 cm³/mol. The second-order valence-corrected chi connectivity index (χ2v) is 4.77. The molecule has 0 radical (unpaired) electrons. The van der Waals surface area contributed by atoms with Crippen molar-refractivity contribution in [3.8, 4) is 0 Å². The van der Waals surface area contributed by atoms with Crippen LogP contribution in [0.2, 0.25) is 0 Å². The molecule has 0 saturated carbocycles. The maximum Gasteiger partial charge on any atom is 0.123 e. The van der Waals surface area contributed by atoms with Gasteiger partial charge >= 0.3 is 0 Å². The lowest BCUT2D eigenvalue weighted by atomic mass is 10.1. The van der Waals surface area contributed by atoms with Gasteiger partial charge in [0.05, 0.1) is 6.10 Å². The first kappa shape index (κ1) is 13.6. The summed E-state index contributed by atoms with van der Waals surface area (Å²) >= 11 is 0. The second kappa shape index (κ2) is 5.41. The summed E-state index contributed by atoms with van der Waals surface area (Å²) in [6, 6.07) is 12.5. The molecule has 0 bridgehead atoms. The third-order valence-electron chi connectivity index (χ3n) is 3.22. The van der Waals surface area contributed by atoms with Gasteiger partial charge in [0.25, 0.3) is 0 Å². The number of nitrogens with zero attached hydrogens (tertiary/aromatic N) is 1. The molecule has 1 atom stereocenters.